The molecule has 5 heteroatoms. The maximum absolute atomic E-state index is 11.9. The van der Waals surface area contributed by atoms with Crippen LogP contribution in [0.25, 0.3) is 0 Å². The van der Waals surface area contributed by atoms with Gasteiger partial charge in [0.25, 0.3) is 0 Å². The molecule has 156 valence electrons. The molecular weight excluding hydrogens is 356 g/mol. The molecule has 0 unspecified atom stereocenters. The molecule has 1 N–H and O–H groups in total. The van der Waals surface area contributed by atoms with Crippen molar-refractivity contribution in [3.8, 4) is 0 Å². The van der Waals surface area contributed by atoms with Crippen molar-refractivity contribution >= 4 is 11.9 Å². The summed E-state index contributed by atoms with van der Waals surface area (Å²) in [5.41, 5.74) is 1.03. The second kappa shape index (κ2) is 6.86. The molecular formula is C23H34O5. The Morgan fingerprint density at radius 1 is 1.18 bits per heavy atom. The van der Waals surface area contributed by atoms with E-state index in [1.54, 1.807) is 0 Å². The summed E-state index contributed by atoms with van der Waals surface area (Å²) >= 11 is 0. The van der Waals surface area contributed by atoms with Gasteiger partial charge in [-0.15, -0.1) is 0 Å². The lowest BCUT2D eigenvalue weighted by Gasteiger charge is -2.62. The molecule has 0 amide bonds. The minimum Gasteiger partial charge on any atom is -0.466 e. The monoisotopic (exact) mass is 390 g/mol. The Morgan fingerprint density at radius 3 is 2.61 bits per heavy atom. The number of ether oxygens (including phenoxy) is 2. The largest absolute Gasteiger partial charge is 0.466 e. The summed E-state index contributed by atoms with van der Waals surface area (Å²) in [7, 11) is 0. The first-order chi connectivity index (χ1) is 13.2. The lowest BCUT2D eigenvalue weighted by Crippen LogP contribution is -2.59. The van der Waals surface area contributed by atoms with Crippen LogP contribution in [-0.2, 0) is 19.1 Å². The van der Waals surface area contributed by atoms with Crippen molar-refractivity contribution in [1.29, 1.82) is 0 Å². The van der Waals surface area contributed by atoms with Gasteiger partial charge in [-0.3, -0.25) is 9.59 Å². The lowest BCUT2D eigenvalue weighted by molar-refractivity contribution is -0.189. The molecule has 0 aromatic heterocycles. The molecule has 0 aromatic rings. The molecule has 0 heterocycles. The van der Waals surface area contributed by atoms with E-state index in [9.17, 15) is 14.7 Å². The second-order valence-corrected chi connectivity index (χ2v) is 10.1. The van der Waals surface area contributed by atoms with Crippen molar-refractivity contribution in [2.75, 3.05) is 6.61 Å². The van der Waals surface area contributed by atoms with Crippen LogP contribution in [0, 0.1) is 34.5 Å². The molecule has 28 heavy (non-hydrogen) atoms. The van der Waals surface area contributed by atoms with Crippen molar-refractivity contribution in [2.45, 2.75) is 77.9 Å². The summed E-state index contributed by atoms with van der Waals surface area (Å²) in [5, 5.41) is 10.7. The summed E-state index contributed by atoms with van der Waals surface area (Å²) in [5.74, 6) is 0.991. The minimum atomic E-state index is -0.369. The highest BCUT2D eigenvalue weighted by molar-refractivity contribution is 5.67. The normalized spacial score (nSPS) is 47.1. The Morgan fingerprint density at radius 2 is 1.93 bits per heavy atom. The molecule has 4 aliphatic carbocycles. The van der Waals surface area contributed by atoms with Crippen LogP contribution >= 0.6 is 0 Å². The number of esters is 2. The van der Waals surface area contributed by atoms with Crippen molar-refractivity contribution in [2.24, 2.45) is 34.5 Å². The van der Waals surface area contributed by atoms with E-state index < -0.39 is 0 Å². The molecule has 5 nitrogen and oxygen atoms in total. The third-order valence-electron chi connectivity index (χ3n) is 8.68. The molecule has 8 atom stereocenters. The molecule has 0 saturated heterocycles. The lowest BCUT2D eigenvalue weighted by atomic mass is 9.43. The van der Waals surface area contributed by atoms with Gasteiger partial charge in [0, 0.05) is 19.3 Å². The fraction of sp³-hybridized carbons (Fsp3) is 0.826. The fourth-order valence-corrected chi connectivity index (χ4v) is 7.89. The van der Waals surface area contributed by atoms with Crippen molar-refractivity contribution < 1.29 is 24.2 Å². The Hall–Kier alpha value is -1.36. The van der Waals surface area contributed by atoms with Crippen LogP contribution < -0.4 is 0 Å². The van der Waals surface area contributed by atoms with Gasteiger partial charge in [0.1, 0.15) is 6.10 Å². The van der Waals surface area contributed by atoms with E-state index in [2.05, 4.69) is 13.5 Å². The summed E-state index contributed by atoms with van der Waals surface area (Å²) in [6, 6.07) is 0. The molecule has 4 saturated carbocycles. The zero-order valence-electron chi connectivity index (χ0n) is 17.4. The van der Waals surface area contributed by atoms with Crippen LogP contribution in [0.1, 0.15) is 65.7 Å². The zero-order chi connectivity index (χ0) is 20.3. The van der Waals surface area contributed by atoms with Gasteiger partial charge in [-0.25, -0.2) is 0 Å². The quantitative estimate of drug-likeness (QED) is 0.588. The maximum atomic E-state index is 11.9. The zero-order valence-corrected chi connectivity index (χ0v) is 17.4. The van der Waals surface area contributed by atoms with Crippen LogP contribution in [0.2, 0.25) is 0 Å². The topological polar surface area (TPSA) is 72.8 Å². The summed E-state index contributed by atoms with van der Waals surface area (Å²) in [6.07, 6.45) is 6.23. The number of aliphatic hydroxyl groups excluding tert-OH is 1. The predicted octanol–water partition coefficient (Wildman–Crippen LogP) is 3.64. The third kappa shape index (κ3) is 2.92. The van der Waals surface area contributed by atoms with Crippen molar-refractivity contribution in [3.05, 3.63) is 12.2 Å². The van der Waals surface area contributed by atoms with E-state index in [4.69, 9.17) is 9.47 Å². The SMILES string of the molecule is C=C1[C@@H]2CC[C@H]3[C@]4(C)C[C@H](O)C[C@@H](COC(C)=O)[C@H]4CC[C@]3(C2)[C@H]1OC(C)=O. The molecule has 0 aromatic carbocycles. The Balaban J connectivity index is 1.67. The van der Waals surface area contributed by atoms with Gasteiger partial charge >= 0.3 is 11.9 Å². The third-order valence-corrected chi connectivity index (χ3v) is 8.68. The first kappa shape index (κ1) is 19.9. The highest BCUT2D eigenvalue weighted by Gasteiger charge is 2.67. The molecule has 1 spiro atoms. The summed E-state index contributed by atoms with van der Waals surface area (Å²) in [6.45, 7) is 10.0. The maximum Gasteiger partial charge on any atom is 0.303 e. The first-order valence-corrected chi connectivity index (χ1v) is 10.8. The van der Waals surface area contributed by atoms with Crippen LogP contribution in [0.3, 0.4) is 0 Å². The van der Waals surface area contributed by atoms with Crippen LogP contribution in [0.4, 0.5) is 0 Å². The summed E-state index contributed by atoms with van der Waals surface area (Å²) < 4.78 is 11.3. The number of aliphatic hydroxyl groups is 1. The summed E-state index contributed by atoms with van der Waals surface area (Å²) in [4.78, 5) is 23.2. The van der Waals surface area contributed by atoms with Crippen LogP contribution in [-0.4, -0.2) is 35.9 Å². The van der Waals surface area contributed by atoms with Crippen molar-refractivity contribution in [3.63, 3.8) is 0 Å². The van der Waals surface area contributed by atoms with E-state index in [0.29, 0.717) is 30.8 Å². The number of fused-ring (bicyclic) bond motifs is 3. The second-order valence-electron chi connectivity index (χ2n) is 10.1. The van der Waals surface area contributed by atoms with Crippen molar-refractivity contribution in [1.82, 2.24) is 0 Å². The predicted molar refractivity (Wildman–Crippen MR) is 104 cm³/mol. The Labute approximate surface area is 167 Å². The minimum absolute atomic E-state index is 0.0330. The van der Waals surface area contributed by atoms with Gasteiger partial charge in [-0.2, -0.15) is 0 Å². The number of carbonyl (C=O) groups is 2. The molecule has 2 bridgehead atoms. The van der Waals surface area contributed by atoms with Crippen LogP contribution in [0.5, 0.6) is 0 Å². The molecule has 4 rings (SSSR count). The van der Waals surface area contributed by atoms with Crippen LogP contribution in [0.15, 0.2) is 12.2 Å². The van der Waals surface area contributed by atoms with E-state index in [0.717, 1.165) is 44.1 Å². The van der Waals surface area contributed by atoms with Gasteiger partial charge in [0.15, 0.2) is 0 Å². The number of hydrogen-bond acceptors (Lipinski definition) is 5. The van der Waals surface area contributed by atoms with Gasteiger partial charge in [0.2, 0.25) is 0 Å². The Kier molecular flexibility index (Phi) is 4.88. The molecule has 0 radical (unpaired) electrons. The van der Waals surface area contributed by atoms with E-state index in [1.165, 1.54) is 13.8 Å². The fourth-order valence-electron chi connectivity index (χ4n) is 7.89. The highest BCUT2D eigenvalue weighted by atomic mass is 16.5. The number of hydrogen-bond donors (Lipinski definition) is 1. The molecule has 4 fully saturated rings. The smallest absolute Gasteiger partial charge is 0.303 e. The van der Waals surface area contributed by atoms with E-state index in [-0.39, 0.29) is 40.9 Å². The standard InChI is InChI=1S/C23H34O5/c1-13-16-5-6-20-22(4)11-18(26)9-17(12-27-14(2)24)19(22)7-8-23(20,10-16)21(13)28-15(3)25/h16-21,26H,1,5-12H2,2-4H3/t16-,17+,18-,19-,20+,21+,22-,23-/m1/s1. The van der Waals surface area contributed by atoms with Gasteiger partial charge in [-0.1, -0.05) is 13.5 Å². The van der Waals surface area contributed by atoms with E-state index >= 15 is 0 Å². The van der Waals surface area contributed by atoms with Gasteiger partial charge in [0.05, 0.1) is 12.7 Å². The average Bonchev–Trinajstić information content (AvgIpc) is 2.79. The first-order valence-electron chi connectivity index (χ1n) is 10.8. The van der Waals surface area contributed by atoms with Gasteiger partial charge < -0.3 is 14.6 Å². The van der Waals surface area contributed by atoms with E-state index in [1.807, 2.05) is 0 Å². The number of rotatable bonds is 3. The molecule has 4 aliphatic rings. The highest BCUT2D eigenvalue weighted by Crippen LogP contribution is 2.71. The van der Waals surface area contributed by atoms with Gasteiger partial charge in [-0.05, 0) is 79.6 Å². The molecule has 0 aliphatic heterocycles. The average molecular weight is 391 g/mol. The Bertz CT molecular complexity index is 686. The number of carbonyl (C=O) groups excluding carboxylic acids is 2.